The summed E-state index contributed by atoms with van der Waals surface area (Å²) in [5.41, 5.74) is 0.907. The largest absolute Gasteiger partial charge is 0.493 e. The molecule has 2 heterocycles. The van der Waals surface area contributed by atoms with Crippen molar-refractivity contribution in [3.8, 4) is 11.0 Å². The molecule has 6 heteroatoms. The molecule has 2 aromatic heterocycles. The average molecular weight is 249 g/mol. The Balaban J connectivity index is 2.31. The lowest BCUT2D eigenvalue weighted by Gasteiger charge is -1.96. The second kappa shape index (κ2) is 3.43. The summed E-state index contributed by atoms with van der Waals surface area (Å²) in [4.78, 5) is 7.19. The molecule has 2 N–H and O–H groups in total. The number of para-hydroxylation sites is 1. The van der Waals surface area contributed by atoms with Gasteiger partial charge in [-0.15, -0.1) is 0 Å². The highest BCUT2D eigenvalue weighted by Crippen LogP contribution is 2.27. The van der Waals surface area contributed by atoms with Crippen LogP contribution in [-0.2, 0) is 0 Å². The Morgan fingerprint density at radius 1 is 1.38 bits per heavy atom. The van der Waals surface area contributed by atoms with Crippen molar-refractivity contribution >= 4 is 33.8 Å². The van der Waals surface area contributed by atoms with Crippen molar-refractivity contribution in [3.05, 3.63) is 35.2 Å². The second-order valence-electron chi connectivity index (χ2n) is 3.25. The van der Waals surface area contributed by atoms with Gasteiger partial charge in [-0.05, 0) is 24.4 Å². The summed E-state index contributed by atoms with van der Waals surface area (Å²) in [5, 5.41) is 10.3. The van der Waals surface area contributed by atoms with Gasteiger partial charge in [0.2, 0.25) is 5.88 Å². The maximum Gasteiger partial charge on any atom is 0.216 e. The highest BCUT2D eigenvalue weighted by Gasteiger charge is 2.09. The summed E-state index contributed by atoms with van der Waals surface area (Å²) in [6.07, 6.45) is 1.45. The SMILES string of the molecule is Oc1c[nH]c(=S)n1-c1nc2ccccc2s1. The third kappa shape index (κ3) is 1.35. The zero-order valence-corrected chi connectivity index (χ0v) is 9.68. The minimum absolute atomic E-state index is 0.0732. The quantitative estimate of drug-likeness (QED) is 0.652. The minimum atomic E-state index is 0.0732. The van der Waals surface area contributed by atoms with Crippen molar-refractivity contribution in [2.75, 3.05) is 0 Å². The van der Waals surface area contributed by atoms with E-state index in [-0.39, 0.29) is 5.88 Å². The van der Waals surface area contributed by atoms with Gasteiger partial charge >= 0.3 is 0 Å². The number of imidazole rings is 1. The molecule has 0 bridgehead atoms. The van der Waals surface area contributed by atoms with E-state index in [1.807, 2.05) is 24.3 Å². The first kappa shape index (κ1) is 9.56. The van der Waals surface area contributed by atoms with Crippen molar-refractivity contribution in [3.63, 3.8) is 0 Å². The molecular weight excluding hydrogens is 242 g/mol. The summed E-state index contributed by atoms with van der Waals surface area (Å²) in [7, 11) is 0. The molecule has 0 saturated carbocycles. The zero-order valence-electron chi connectivity index (χ0n) is 8.04. The molecule has 0 radical (unpaired) electrons. The summed E-state index contributed by atoms with van der Waals surface area (Å²) < 4.78 is 3.02. The van der Waals surface area contributed by atoms with Crippen molar-refractivity contribution in [2.45, 2.75) is 0 Å². The molecule has 0 aliphatic rings. The van der Waals surface area contributed by atoms with Gasteiger partial charge in [-0.1, -0.05) is 23.5 Å². The number of nitrogens with zero attached hydrogens (tertiary/aromatic N) is 2. The van der Waals surface area contributed by atoms with Crippen LogP contribution in [0, 0.1) is 4.77 Å². The van der Waals surface area contributed by atoms with Crippen LogP contribution >= 0.6 is 23.6 Å². The number of thiazole rings is 1. The van der Waals surface area contributed by atoms with Gasteiger partial charge in [0.15, 0.2) is 9.90 Å². The van der Waals surface area contributed by atoms with Crippen molar-refractivity contribution in [2.24, 2.45) is 0 Å². The molecule has 3 rings (SSSR count). The first-order valence-corrected chi connectivity index (χ1v) is 5.83. The number of nitrogens with one attached hydrogen (secondary N) is 1. The standard InChI is InChI=1S/C10H7N3OS2/c14-8-5-11-9(15)13(8)10-12-6-3-1-2-4-7(6)16-10/h1-5,14H,(H,11,15). The fourth-order valence-electron chi connectivity index (χ4n) is 1.50. The van der Waals surface area contributed by atoms with E-state index in [1.54, 1.807) is 0 Å². The first-order chi connectivity index (χ1) is 7.75. The van der Waals surface area contributed by atoms with Crippen LogP contribution in [0.25, 0.3) is 15.3 Å². The van der Waals surface area contributed by atoms with Gasteiger partial charge < -0.3 is 10.1 Å². The van der Waals surface area contributed by atoms with E-state index in [2.05, 4.69) is 9.97 Å². The van der Waals surface area contributed by atoms with Gasteiger partial charge in [0.05, 0.1) is 16.4 Å². The summed E-state index contributed by atoms with van der Waals surface area (Å²) in [6, 6.07) is 7.81. The topological polar surface area (TPSA) is 53.8 Å². The number of benzene rings is 1. The van der Waals surface area contributed by atoms with E-state index in [4.69, 9.17) is 12.2 Å². The smallest absolute Gasteiger partial charge is 0.216 e. The molecule has 0 unspecified atom stereocenters. The maximum atomic E-state index is 9.64. The maximum absolute atomic E-state index is 9.64. The van der Waals surface area contributed by atoms with Gasteiger partial charge in [0.25, 0.3) is 0 Å². The number of hydrogen-bond acceptors (Lipinski definition) is 4. The Kier molecular flexibility index (Phi) is 2.05. The molecule has 3 aromatic rings. The zero-order chi connectivity index (χ0) is 11.1. The van der Waals surface area contributed by atoms with Crippen molar-refractivity contribution < 1.29 is 5.11 Å². The summed E-state index contributed by atoms with van der Waals surface area (Å²) >= 11 is 6.56. The molecule has 0 saturated heterocycles. The second-order valence-corrected chi connectivity index (χ2v) is 4.65. The highest BCUT2D eigenvalue weighted by molar-refractivity contribution is 7.71. The van der Waals surface area contributed by atoms with Gasteiger partial charge in [0.1, 0.15) is 0 Å². The van der Waals surface area contributed by atoms with E-state index in [0.717, 1.165) is 10.2 Å². The van der Waals surface area contributed by atoms with Crippen LogP contribution in [0.4, 0.5) is 0 Å². The fraction of sp³-hybridized carbons (Fsp3) is 0. The summed E-state index contributed by atoms with van der Waals surface area (Å²) in [6.45, 7) is 0. The molecule has 0 fully saturated rings. The van der Waals surface area contributed by atoms with E-state index in [9.17, 15) is 5.11 Å². The predicted molar refractivity (Wildman–Crippen MR) is 65.8 cm³/mol. The first-order valence-electron chi connectivity index (χ1n) is 4.61. The van der Waals surface area contributed by atoms with Crippen LogP contribution in [0.2, 0.25) is 0 Å². The van der Waals surface area contributed by atoms with Gasteiger partial charge in [-0.25, -0.2) is 9.55 Å². The van der Waals surface area contributed by atoms with E-state index in [1.165, 1.54) is 22.1 Å². The lowest BCUT2D eigenvalue weighted by molar-refractivity contribution is 0.442. The third-order valence-corrected chi connectivity index (χ3v) is 3.55. The Labute approximate surface area is 99.8 Å². The van der Waals surface area contributed by atoms with Crippen LogP contribution in [0.3, 0.4) is 0 Å². The van der Waals surface area contributed by atoms with Crippen LogP contribution < -0.4 is 0 Å². The molecule has 80 valence electrons. The molecule has 1 aromatic carbocycles. The lowest BCUT2D eigenvalue weighted by Crippen LogP contribution is -1.91. The minimum Gasteiger partial charge on any atom is -0.493 e. The average Bonchev–Trinajstić information content (AvgIpc) is 2.82. The Hall–Kier alpha value is -1.66. The molecule has 0 amide bonds. The van der Waals surface area contributed by atoms with E-state index in [0.29, 0.717) is 9.90 Å². The molecule has 4 nitrogen and oxygen atoms in total. The Morgan fingerprint density at radius 2 is 2.19 bits per heavy atom. The van der Waals surface area contributed by atoms with Crippen LogP contribution in [-0.4, -0.2) is 19.6 Å². The predicted octanol–water partition coefficient (Wildman–Crippen LogP) is 2.85. The molecule has 0 spiro atoms. The Morgan fingerprint density at radius 3 is 2.88 bits per heavy atom. The van der Waals surface area contributed by atoms with Crippen LogP contribution in [0.15, 0.2) is 30.5 Å². The number of rotatable bonds is 1. The lowest BCUT2D eigenvalue weighted by atomic mass is 10.3. The number of aromatic hydroxyl groups is 1. The van der Waals surface area contributed by atoms with Crippen molar-refractivity contribution in [1.29, 1.82) is 0 Å². The van der Waals surface area contributed by atoms with E-state index < -0.39 is 0 Å². The monoisotopic (exact) mass is 249 g/mol. The van der Waals surface area contributed by atoms with Gasteiger partial charge in [-0.2, -0.15) is 0 Å². The molecule has 16 heavy (non-hydrogen) atoms. The molecule has 0 aliphatic heterocycles. The number of H-pyrrole nitrogens is 1. The normalized spacial score (nSPS) is 11.0. The molecule has 0 aliphatic carbocycles. The third-order valence-electron chi connectivity index (χ3n) is 2.23. The van der Waals surface area contributed by atoms with Crippen molar-refractivity contribution in [1.82, 2.24) is 14.5 Å². The molecule has 0 atom stereocenters. The highest BCUT2D eigenvalue weighted by atomic mass is 32.1. The van der Waals surface area contributed by atoms with E-state index >= 15 is 0 Å². The Bertz CT molecular complexity index is 677. The molecular formula is C10H7N3OS2. The number of hydrogen-bond donors (Lipinski definition) is 2. The van der Waals surface area contributed by atoms with Gasteiger partial charge in [0, 0.05) is 0 Å². The van der Waals surface area contributed by atoms with Crippen LogP contribution in [0.5, 0.6) is 5.88 Å². The number of aromatic nitrogens is 3. The summed E-state index contributed by atoms with van der Waals surface area (Å²) in [5.74, 6) is 0.0732. The number of fused-ring (bicyclic) bond motifs is 1. The number of aromatic amines is 1. The van der Waals surface area contributed by atoms with Gasteiger partial charge in [-0.3, -0.25) is 0 Å². The van der Waals surface area contributed by atoms with Crippen LogP contribution in [0.1, 0.15) is 0 Å². The fourth-order valence-corrected chi connectivity index (χ4v) is 2.78.